The Morgan fingerprint density at radius 2 is 1.75 bits per heavy atom. The van der Waals surface area contributed by atoms with E-state index >= 15 is 0 Å². The third-order valence-electron chi connectivity index (χ3n) is 5.97. The summed E-state index contributed by atoms with van der Waals surface area (Å²) < 4.78 is 0. The molecule has 2 aromatic carbocycles. The maximum Gasteiger partial charge on any atom is 0.248 e. The molecular formula is C24H28N2O2. The van der Waals surface area contributed by atoms with Gasteiger partial charge in [-0.3, -0.25) is 4.79 Å². The summed E-state index contributed by atoms with van der Waals surface area (Å²) in [6.45, 7) is 4.94. The molecule has 1 heterocycles. The molecule has 28 heavy (non-hydrogen) atoms. The second-order valence-corrected chi connectivity index (χ2v) is 7.76. The summed E-state index contributed by atoms with van der Waals surface area (Å²) in [5.41, 5.74) is 7.31. The van der Waals surface area contributed by atoms with Crippen LogP contribution in [0.2, 0.25) is 0 Å². The highest BCUT2D eigenvalue weighted by molar-refractivity contribution is 5.82. The van der Waals surface area contributed by atoms with E-state index in [-0.39, 0.29) is 5.56 Å². The lowest BCUT2D eigenvalue weighted by molar-refractivity contribution is 0.171. The number of pyridine rings is 1. The normalized spacial score (nSPS) is 15.1. The number of aliphatic hydroxyl groups is 1. The van der Waals surface area contributed by atoms with Crippen molar-refractivity contribution in [3.8, 4) is 0 Å². The van der Waals surface area contributed by atoms with Gasteiger partial charge in [0, 0.05) is 29.6 Å². The molecule has 0 fully saturated rings. The number of H-pyrrole nitrogens is 1. The van der Waals surface area contributed by atoms with Crippen LogP contribution in [0.15, 0.2) is 47.3 Å². The maximum absolute atomic E-state index is 11.5. The first-order valence-electron chi connectivity index (χ1n) is 10.3. The first-order valence-corrected chi connectivity index (χ1v) is 10.3. The molecule has 4 nitrogen and oxygen atoms in total. The molecule has 1 aliphatic rings. The number of nitrogens with one attached hydrogen (secondary N) is 2. The molecule has 1 aromatic heterocycles. The van der Waals surface area contributed by atoms with E-state index in [9.17, 15) is 9.90 Å². The quantitative estimate of drug-likeness (QED) is 0.617. The van der Waals surface area contributed by atoms with E-state index in [1.807, 2.05) is 18.2 Å². The second-order valence-electron chi connectivity index (χ2n) is 7.76. The van der Waals surface area contributed by atoms with Gasteiger partial charge in [0.1, 0.15) is 0 Å². The molecule has 0 bridgehead atoms. The Bertz CT molecular complexity index is 1020. The Morgan fingerprint density at radius 3 is 2.39 bits per heavy atom. The number of aliphatic hydroxyl groups excluding tert-OH is 1. The van der Waals surface area contributed by atoms with Crippen LogP contribution in [0.3, 0.4) is 0 Å². The number of fused-ring (bicyclic) bond motifs is 2. The van der Waals surface area contributed by atoms with Gasteiger partial charge in [-0.05, 0) is 65.6 Å². The fourth-order valence-corrected chi connectivity index (χ4v) is 4.47. The van der Waals surface area contributed by atoms with Gasteiger partial charge >= 0.3 is 0 Å². The van der Waals surface area contributed by atoms with Gasteiger partial charge in [-0.25, -0.2) is 0 Å². The van der Waals surface area contributed by atoms with Crippen LogP contribution in [0.25, 0.3) is 10.9 Å². The van der Waals surface area contributed by atoms with Crippen molar-refractivity contribution < 1.29 is 5.11 Å². The summed E-state index contributed by atoms with van der Waals surface area (Å²) >= 11 is 0. The Labute approximate surface area is 165 Å². The highest BCUT2D eigenvalue weighted by atomic mass is 16.3. The molecule has 0 spiro atoms. The van der Waals surface area contributed by atoms with E-state index in [2.05, 4.69) is 36.3 Å². The molecule has 0 saturated carbocycles. The van der Waals surface area contributed by atoms with E-state index in [1.54, 1.807) is 6.07 Å². The zero-order valence-corrected chi connectivity index (χ0v) is 16.6. The van der Waals surface area contributed by atoms with E-state index < -0.39 is 6.10 Å². The topological polar surface area (TPSA) is 65.1 Å². The lowest BCUT2D eigenvalue weighted by atomic mass is 9.97. The van der Waals surface area contributed by atoms with Gasteiger partial charge in [-0.1, -0.05) is 38.1 Å². The lowest BCUT2D eigenvalue weighted by Crippen LogP contribution is -2.33. The Morgan fingerprint density at radius 1 is 1.07 bits per heavy atom. The molecule has 4 rings (SSSR count). The summed E-state index contributed by atoms with van der Waals surface area (Å²) in [4.78, 5) is 14.4. The molecule has 1 aliphatic carbocycles. The Hall–Kier alpha value is -2.43. The summed E-state index contributed by atoms with van der Waals surface area (Å²) in [5.74, 6) is 0. The summed E-state index contributed by atoms with van der Waals surface area (Å²) in [7, 11) is 0. The van der Waals surface area contributed by atoms with Gasteiger partial charge in [0.2, 0.25) is 5.56 Å². The van der Waals surface area contributed by atoms with E-state index in [0.717, 1.165) is 42.1 Å². The van der Waals surface area contributed by atoms with Crippen molar-refractivity contribution in [2.75, 3.05) is 6.54 Å². The second kappa shape index (κ2) is 7.90. The highest BCUT2D eigenvalue weighted by Gasteiger charge is 2.23. The molecule has 146 valence electrons. The fourth-order valence-electron chi connectivity index (χ4n) is 4.47. The van der Waals surface area contributed by atoms with Crippen LogP contribution < -0.4 is 10.9 Å². The lowest BCUT2D eigenvalue weighted by Gasteiger charge is -2.18. The van der Waals surface area contributed by atoms with Gasteiger partial charge in [0.15, 0.2) is 0 Å². The molecule has 0 aliphatic heterocycles. The van der Waals surface area contributed by atoms with E-state index in [0.29, 0.717) is 12.6 Å². The molecule has 0 radical (unpaired) electrons. The number of aromatic nitrogens is 1. The minimum atomic E-state index is -0.615. The molecule has 1 unspecified atom stereocenters. The SMILES string of the molecule is CCc1cc2c(cc1CC)CC(NCC(O)c1cccc3[nH]c(=O)ccc13)C2. The molecular weight excluding hydrogens is 348 g/mol. The largest absolute Gasteiger partial charge is 0.387 e. The summed E-state index contributed by atoms with van der Waals surface area (Å²) in [6.07, 6.45) is 3.58. The fraction of sp³-hybridized carbons (Fsp3) is 0.375. The summed E-state index contributed by atoms with van der Waals surface area (Å²) in [5, 5.41) is 15.2. The van der Waals surface area contributed by atoms with Crippen molar-refractivity contribution in [1.29, 1.82) is 0 Å². The van der Waals surface area contributed by atoms with Gasteiger partial charge in [-0.15, -0.1) is 0 Å². The average Bonchev–Trinajstić information content (AvgIpc) is 3.11. The average molecular weight is 377 g/mol. The number of hydrogen-bond donors (Lipinski definition) is 3. The third-order valence-corrected chi connectivity index (χ3v) is 5.97. The molecule has 3 N–H and O–H groups in total. The smallest absolute Gasteiger partial charge is 0.248 e. The summed E-state index contributed by atoms with van der Waals surface area (Å²) in [6, 6.07) is 14.1. The minimum Gasteiger partial charge on any atom is -0.387 e. The van der Waals surface area contributed by atoms with Gasteiger partial charge in [0.25, 0.3) is 0 Å². The third kappa shape index (κ3) is 3.62. The zero-order chi connectivity index (χ0) is 19.7. The van der Waals surface area contributed by atoms with Crippen molar-refractivity contribution >= 4 is 10.9 Å². The Kier molecular flexibility index (Phi) is 5.33. The zero-order valence-electron chi connectivity index (χ0n) is 16.6. The Balaban J connectivity index is 1.46. The monoisotopic (exact) mass is 376 g/mol. The van der Waals surface area contributed by atoms with Crippen LogP contribution in [0, 0.1) is 0 Å². The van der Waals surface area contributed by atoms with Crippen molar-refractivity contribution in [2.45, 2.75) is 51.7 Å². The molecule has 4 heteroatoms. The predicted molar refractivity (Wildman–Crippen MR) is 114 cm³/mol. The molecule has 0 amide bonds. The van der Waals surface area contributed by atoms with Crippen LogP contribution in [0.1, 0.15) is 47.8 Å². The van der Waals surface area contributed by atoms with Crippen molar-refractivity contribution in [1.82, 2.24) is 10.3 Å². The minimum absolute atomic E-state index is 0.126. The van der Waals surface area contributed by atoms with Crippen LogP contribution in [-0.4, -0.2) is 22.7 Å². The predicted octanol–water partition coefficient (Wildman–Crippen LogP) is 3.44. The number of hydrogen-bond acceptors (Lipinski definition) is 3. The first-order chi connectivity index (χ1) is 13.6. The van der Waals surface area contributed by atoms with Crippen LogP contribution >= 0.6 is 0 Å². The van der Waals surface area contributed by atoms with Crippen LogP contribution in [0.5, 0.6) is 0 Å². The van der Waals surface area contributed by atoms with E-state index in [1.165, 1.54) is 28.3 Å². The number of benzene rings is 2. The van der Waals surface area contributed by atoms with Crippen LogP contribution in [-0.2, 0) is 25.7 Å². The molecule has 3 aromatic rings. The van der Waals surface area contributed by atoms with Crippen LogP contribution in [0.4, 0.5) is 0 Å². The molecule has 1 atom stereocenters. The van der Waals surface area contributed by atoms with Crippen molar-refractivity contribution in [3.05, 3.63) is 80.6 Å². The molecule has 0 saturated heterocycles. The highest BCUT2D eigenvalue weighted by Crippen LogP contribution is 2.28. The number of rotatable bonds is 6. The number of aryl methyl sites for hydroxylation is 2. The van der Waals surface area contributed by atoms with Crippen molar-refractivity contribution in [2.24, 2.45) is 0 Å². The number of aromatic amines is 1. The maximum atomic E-state index is 11.5. The first kappa shape index (κ1) is 18.9. The van der Waals surface area contributed by atoms with Gasteiger partial charge < -0.3 is 15.4 Å². The van der Waals surface area contributed by atoms with Crippen molar-refractivity contribution in [3.63, 3.8) is 0 Å². The van der Waals surface area contributed by atoms with E-state index in [4.69, 9.17) is 0 Å². The van der Waals surface area contributed by atoms with Gasteiger partial charge in [-0.2, -0.15) is 0 Å². The van der Waals surface area contributed by atoms with Gasteiger partial charge in [0.05, 0.1) is 6.10 Å². The standard InChI is InChI=1S/C24H28N2O2/c1-3-15-10-17-12-19(13-18(17)11-16(15)4-2)25-14-23(27)21-6-5-7-22-20(21)8-9-24(28)26-22/h5-11,19,23,25,27H,3-4,12-14H2,1-2H3,(H,26,28).